The molecule has 4 atom stereocenters. The van der Waals surface area contributed by atoms with Gasteiger partial charge in [0.05, 0.1) is 24.8 Å². The normalized spacial score (nSPS) is 36.0. The van der Waals surface area contributed by atoms with Gasteiger partial charge in [0.1, 0.15) is 6.17 Å². The number of ether oxygens (including phenoxy) is 1. The molecule has 0 saturated carbocycles. The zero-order chi connectivity index (χ0) is 13.7. The average molecular weight is 272 g/mol. The van der Waals surface area contributed by atoms with Crippen LogP contribution in [-0.4, -0.2) is 35.6 Å². The zero-order valence-corrected chi connectivity index (χ0v) is 11.7. The smallest absolute Gasteiger partial charge is 0.238 e. The predicted molar refractivity (Wildman–Crippen MR) is 75.1 cm³/mol. The number of rotatable bonds is 2. The largest absolute Gasteiger partial charge is 0.373 e. The Labute approximate surface area is 119 Å². The van der Waals surface area contributed by atoms with Gasteiger partial charge in [-0.1, -0.05) is 24.3 Å². The van der Waals surface area contributed by atoms with E-state index in [0.717, 1.165) is 19.3 Å². The number of fused-ring (bicyclic) bond motifs is 2. The van der Waals surface area contributed by atoms with Crippen LogP contribution in [0, 0.1) is 6.92 Å². The maximum atomic E-state index is 12.3. The second-order valence-electron chi connectivity index (χ2n) is 6.12. The van der Waals surface area contributed by atoms with E-state index in [1.807, 2.05) is 17.0 Å². The third kappa shape index (κ3) is 1.79. The van der Waals surface area contributed by atoms with E-state index in [4.69, 9.17) is 4.74 Å². The van der Waals surface area contributed by atoms with Gasteiger partial charge in [0.15, 0.2) is 0 Å². The molecule has 3 saturated heterocycles. The number of carbonyl (C=O) groups excluding carboxylic acids is 1. The van der Waals surface area contributed by atoms with Crippen molar-refractivity contribution in [2.75, 3.05) is 6.54 Å². The number of amides is 1. The van der Waals surface area contributed by atoms with Gasteiger partial charge in [0.2, 0.25) is 5.91 Å². The quantitative estimate of drug-likeness (QED) is 0.891. The number of carbonyl (C=O) groups is 1. The summed E-state index contributed by atoms with van der Waals surface area (Å²) in [5, 5.41) is 3.37. The van der Waals surface area contributed by atoms with Crippen LogP contribution in [0.3, 0.4) is 0 Å². The first-order valence-electron chi connectivity index (χ1n) is 7.49. The molecule has 0 aliphatic carbocycles. The molecule has 0 radical (unpaired) electrons. The highest BCUT2D eigenvalue weighted by molar-refractivity contribution is 5.81. The van der Waals surface area contributed by atoms with Gasteiger partial charge in [-0.25, -0.2) is 0 Å². The van der Waals surface area contributed by atoms with E-state index in [1.165, 1.54) is 11.1 Å². The number of nitrogens with zero attached hydrogens (tertiary/aromatic N) is 1. The molecular weight excluding hydrogens is 252 g/mol. The van der Waals surface area contributed by atoms with Crippen LogP contribution in [0.5, 0.6) is 0 Å². The molecule has 4 rings (SSSR count). The van der Waals surface area contributed by atoms with Crippen molar-refractivity contribution < 1.29 is 9.53 Å². The van der Waals surface area contributed by atoms with Crippen LogP contribution in [0.15, 0.2) is 24.3 Å². The van der Waals surface area contributed by atoms with E-state index in [2.05, 4.69) is 24.4 Å². The molecule has 4 unspecified atom stereocenters. The summed E-state index contributed by atoms with van der Waals surface area (Å²) in [6.07, 6.45) is 3.88. The second-order valence-corrected chi connectivity index (χ2v) is 6.12. The molecule has 3 aliphatic rings. The number of nitrogens with one attached hydrogen (secondary N) is 1. The van der Waals surface area contributed by atoms with Crippen molar-refractivity contribution in [3.8, 4) is 0 Å². The van der Waals surface area contributed by atoms with E-state index in [9.17, 15) is 4.79 Å². The molecule has 0 spiro atoms. The van der Waals surface area contributed by atoms with Gasteiger partial charge >= 0.3 is 0 Å². The molecular formula is C16H20N2O2. The second kappa shape index (κ2) is 4.57. The van der Waals surface area contributed by atoms with E-state index in [0.29, 0.717) is 12.6 Å². The third-order valence-electron chi connectivity index (χ3n) is 4.93. The van der Waals surface area contributed by atoms with Crippen LogP contribution >= 0.6 is 0 Å². The van der Waals surface area contributed by atoms with E-state index < -0.39 is 0 Å². The molecule has 0 aromatic heterocycles. The summed E-state index contributed by atoms with van der Waals surface area (Å²) in [6.45, 7) is 2.54. The summed E-state index contributed by atoms with van der Waals surface area (Å²) in [5.41, 5.74) is 2.44. The lowest BCUT2D eigenvalue weighted by atomic mass is 9.93. The number of hydrogen-bond acceptors (Lipinski definition) is 3. The summed E-state index contributed by atoms with van der Waals surface area (Å²) < 4.78 is 5.94. The van der Waals surface area contributed by atoms with Crippen molar-refractivity contribution in [3.05, 3.63) is 35.4 Å². The van der Waals surface area contributed by atoms with Gasteiger partial charge in [-0.2, -0.15) is 0 Å². The first-order chi connectivity index (χ1) is 9.74. The Morgan fingerprint density at radius 1 is 1.30 bits per heavy atom. The van der Waals surface area contributed by atoms with Crippen LogP contribution in [-0.2, 0) is 9.53 Å². The van der Waals surface area contributed by atoms with Crippen molar-refractivity contribution in [3.63, 3.8) is 0 Å². The summed E-state index contributed by atoms with van der Waals surface area (Å²) >= 11 is 0. The Morgan fingerprint density at radius 3 is 2.85 bits per heavy atom. The Bertz CT molecular complexity index is 545. The number of aryl methyl sites for hydroxylation is 1. The minimum atomic E-state index is 0.0108. The minimum absolute atomic E-state index is 0.0108. The topological polar surface area (TPSA) is 41.6 Å². The van der Waals surface area contributed by atoms with Crippen LogP contribution in [0.2, 0.25) is 0 Å². The number of benzene rings is 1. The number of hydrogen-bond donors (Lipinski definition) is 1. The van der Waals surface area contributed by atoms with Gasteiger partial charge in [-0.15, -0.1) is 0 Å². The molecule has 1 N–H and O–H groups in total. The molecule has 3 fully saturated rings. The van der Waals surface area contributed by atoms with Crippen LogP contribution in [0.25, 0.3) is 0 Å². The van der Waals surface area contributed by atoms with Crippen molar-refractivity contribution in [2.45, 2.75) is 50.6 Å². The lowest BCUT2D eigenvalue weighted by Gasteiger charge is -2.34. The maximum absolute atomic E-state index is 12.3. The Kier molecular flexibility index (Phi) is 2.82. The highest BCUT2D eigenvalue weighted by Gasteiger charge is 2.48. The lowest BCUT2D eigenvalue weighted by molar-refractivity contribution is -0.131. The summed E-state index contributed by atoms with van der Waals surface area (Å²) in [4.78, 5) is 14.4. The van der Waals surface area contributed by atoms with Gasteiger partial charge in [0, 0.05) is 0 Å². The molecule has 3 aliphatic heterocycles. The predicted octanol–water partition coefficient (Wildman–Crippen LogP) is 1.75. The van der Waals surface area contributed by atoms with E-state index in [-0.39, 0.29) is 24.2 Å². The van der Waals surface area contributed by atoms with Gasteiger partial charge in [0.25, 0.3) is 0 Å². The molecule has 2 bridgehead atoms. The van der Waals surface area contributed by atoms with E-state index >= 15 is 0 Å². The molecule has 3 heterocycles. The van der Waals surface area contributed by atoms with Crippen molar-refractivity contribution in [1.82, 2.24) is 10.2 Å². The highest BCUT2D eigenvalue weighted by atomic mass is 16.5. The Morgan fingerprint density at radius 2 is 2.15 bits per heavy atom. The minimum Gasteiger partial charge on any atom is -0.373 e. The molecule has 1 aromatic rings. The van der Waals surface area contributed by atoms with Crippen LogP contribution in [0.1, 0.15) is 36.6 Å². The molecule has 4 heteroatoms. The van der Waals surface area contributed by atoms with Gasteiger partial charge in [-0.05, 0) is 37.3 Å². The molecule has 20 heavy (non-hydrogen) atoms. The monoisotopic (exact) mass is 272 g/mol. The maximum Gasteiger partial charge on any atom is 0.238 e. The lowest BCUT2D eigenvalue weighted by Crippen LogP contribution is -2.45. The molecule has 4 nitrogen and oxygen atoms in total. The fourth-order valence-corrected chi connectivity index (χ4v) is 3.95. The van der Waals surface area contributed by atoms with Crippen molar-refractivity contribution in [1.29, 1.82) is 0 Å². The SMILES string of the molecule is Cc1ccccc1C1NCC(=O)N1C1CC2CCC1O2. The van der Waals surface area contributed by atoms with Crippen molar-refractivity contribution >= 4 is 5.91 Å². The highest BCUT2D eigenvalue weighted by Crippen LogP contribution is 2.41. The summed E-state index contributed by atoms with van der Waals surface area (Å²) in [5.74, 6) is 0.208. The van der Waals surface area contributed by atoms with Gasteiger partial charge < -0.3 is 9.64 Å². The summed E-state index contributed by atoms with van der Waals surface area (Å²) in [7, 11) is 0. The zero-order valence-electron chi connectivity index (χ0n) is 11.7. The Balaban J connectivity index is 1.66. The first kappa shape index (κ1) is 12.4. The summed E-state index contributed by atoms with van der Waals surface area (Å²) in [6, 6.07) is 8.56. The van der Waals surface area contributed by atoms with Crippen molar-refractivity contribution in [2.24, 2.45) is 0 Å². The standard InChI is InChI=1S/C16H20N2O2/c1-10-4-2-3-5-12(10)16-17-9-15(19)18(16)13-8-11-6-7-14(13)20-11/h2-5,11,13-14,16-17H,6-9H2,1H3. The van der Waals surface area contributed by atoms with Crippen LogP contribution in [0.4, 0.5) is 0 Å². The van der Waals surface area contributed by atoms with Crippen LogP contribution < -0.4 is 5.32 Å². The fraction of sp³-hybridized carbons (Fsp3) is 0.562. The Hall–Kier alpha value is -1.39. The first-order valence-corrected chi connectivity index (χ1v) is 7.49. The third-order valence-corrected chi connectivity index (χ3v) is 4.93. The molecule has 106 valence electrons. The fourth-order valence-electron chi connectivity index (χ4n) is 3.95. The molecule has 1 amide bonds. The molecule has 1 aromatic carbocycles. The van der Waals surface area contributed by atoms with Gasteiger partial charge in [-0.3, -0.25) is 10.1 Å². The average Bonchev–Trinajstić information content (AvgIpc) is 3.14. The van der Waals surface area contributed by atoms with E-state index in [1.54, 1.807) is 0 Å².